The van der Waals surface area contributed by atoms with E-state index in [4.69, 9.17) is 16.3 Å². The molecule has 2 aromatic heterocycles. The number of carbonyl (C=O) groups is 1. The van der Waals surface area contributed by atoms with Crippen LogP contribution >= 0.6 is 22.9 Å². The van der Waals surface area contributed by atoms with Gasteiger partial charge in [0.15, 0.2) is 0 Å². The van der Waals surface area contributed by atoms with Gasteiger partial charge in [0, 0.05) is 23.0 Å². The molecule has 0 aliphatic rings. The number of thiophene rings is 1. The summed E-state index contributed by atoms with van der Waals surface area (Å²) in [7, 11) is 1.56. The van der Waals surface area contributed by atoms with E-state index in [0.29, 0.717) is 22.9 Å². The van der Waals surface area contributed by atoms with Gasteiger partial charge in [-0.1, -0.05) is 17.7 Å². The molecule has 0 radical (unpaired) electrons. The van der Waals surface area contributed by atoms with Crippen LogP contribution in [0.4, 0.5) is 5.69 Å². The average molecular weight is 361 g/mol. The third-order valence-electron chi connectivity index (χ3n) is 3.67. The van der Waals surface area contributed by atoms with Crippen molar-refractivity contribution in [1.29, 1.82) is 0 Å². The number of rotatable bonds is 6. The molecule has 0 bridgehead atoms. The fraction of sp³-hybridized carbons (Fsp3) is 0.167. The standard InChI is InChI=1S/C18H17ClN2O2S/c1-23-16-7-6-13(11-14(16)19)20-18(22)12-15(17-5-4-10-24-17)21-8-2-3-9-21/h2-11,15H,12H2,1H3,(H,20,22)/t15-/m0/s1. The summed E-state index contributed by atoms with van der Waals surface area (Å²) in [5.41, 5.74) is 0.656. The molecule has 0 unspecified atom stereocenters. The number of hydrogen-bond acceptors (Lipinski definition) is 3. The second-order valence-corrected chi connectivity index (χ2v) is 6.65. The predicted molar refractivity (Wildman–Crippen MR) is 98.1 cm³/mol. The summed E-state index contributed by atoms with van der Waals surface area (Å²) in [5, 5.41) is 5.39. The summed E-state index contributed by atoms with van der Waals surface area (Å²) in [5.74, 6) is 0.516. The van der Waals surface area contributed by atoms with Gasteiger partial charge in [0.25, 0.3) is 0 Å². The van der Waals surface area contributed by atoms with Gasteiger partial charge < -0.3 is 14.6 Å². The zero-order valence-corrected chi connectivity index (χ0v) is 14.7. The summed E-state index contributed by atoms with van der Waals surface area (Å²) in [6.07, 6.45) is 4.29. The van der Waals surface area contributed by atoms with Gasteiger partial charge in [-0.15, -0.1) is 11.3 Å². The number of carbonyl (C=O) groups excluding carboxylic acids is 1. The first kappa shape index (κ1) is 16.6. The first-order valence-corrected chi connectivity index (χ1v) is 8.72. The number of methoxy groups -OCH3 is 1. The first-order chi connectivity index (χ1) is 11.7. The molecule has 1 amide bonds. The maximum atomic E-state index is 12.5. The minimum absolute atomic E-state index is 0.0197. The Hall–Kier alpha value is -2.24. The Kier molecular flexibility index (Phi) is 5.23. The summed E-state index contributed by atoms with van der Waals surface area (Å²) in [4.78, 5) is 13.6. The van der Waals surface area contributed by atoms with Gasteiger partial charge in [-0.3, -0.25) is 4.79 Å². The third kappa shape index (κ3) is 3.80. The maximum absolute atomic E-state index is 12.5. The van der Waals surface area contributed by atoms with E-state index in [1.807, 2.05) is 46.6 Å². The Morgan fingerprint density at radius 1 is 1.29 bits per heavy atom. The number of ether oxygens (including phenoxy) is 1. The molecule has 1 atom stereocenters. The van der Waals surface area contributed by atoms with Crippen molar-refractivity contribution in [3.8, 4) is 5.75 Å². The second kappa shape index (κ2) is 7.55. The zero-order valence-electron chi connectivity index (χ0n) is 13.1. The van der Waals surface area contributed by atoms with Gasteiger partial charge in [0.1, 0.15) is 5.75 Å². The van der Waals surface area contributed by atoms with Gasteiger partial charge in [-0.2, -0.15) is 0 Å². The third-order valence-corrected chi connectivity index (χ3v) is 4.94. The Bertz CT molecular complexity index is 766. The molecule has 6 heteroatoms. The number of hydrogen-bond donors (Lipinski definition) is 1. The van der Waals surface area contributed by atoms with Crippen molar-refractivity contribution in [2.24, 2.45) is 0 Å². The molecule has 124 valence electrons. The molecule has 4 nitrogen and oxygen atoms in total. The van der Waals surface area contributed by atoms with E-state index in [1.165, 1.54) is 0 Å². The van der Waals surface area contributed by atoms with Gasteiger partial charge in [0.2, 0.25) is 5.91 Å². The topological polar surface area (TPSA) is 43.3 Å². The minimum Gasteiger partial charge on any atom is -0.495 e. The van der Waals surface area contributed by atoms with E-state index >= 15 is 0 Å². The zero-order chi connectivity index (χ0) is 16.9. The number of benzene rings is 1. The van der Waals surface area contributed by atoms with Crippen molar-refractivity contribution < 1.29 is 9.53 Å². The van der Waals surface area contributed by atoms with Crippen molar-refractivity contribution in [2.45, 2.75) is 12.5 Å². The minimum atomic E-state index is -0.0664. The van der Waals surface area contributed by atoms with E-state index < -0.39 is 0 Å². The van der Waals surface area contributed by atoms with Crippen LogP contribution in [0.5, 0.6) is 5.75 Å². The van der Waals surface area contributed by atoms with Crippen molar-refractivity contribution in [1.82, 2.24) is 4.57 Å². The van der Waals surface area contributed by atoms with Crippen LogP contribution in [0, 0.1) is 0 Å². The lowest BCUT2D eigenvalue weighted by Gasteiger charge is -2.17. The highest BCUT2D eigenvalue weighted by Crippen LogP contribution is 2.29. The Morgan fingerprint density at radius 2 is 2.08 bits per heavy atom. The van der Waals surface area contributed by atoms with E-state index in [0.717, 1.165) is 4.88 Å². The fourth-order valence-electron chi connectivity index (χ4n) is 2.52. The van der Waals surface area contributed by atoms with Crippen molar-refractivity contribution in [2.75, 3.05) is 12.4 Å². The first-order valence-electron chi connectivity index (χ1n) is 7.46. The van der Waals surface area contributed by atoms with Crippen LogP contribution in [0.2, 0.25) is 5.02 Å². The van der Waals surface area contributed by atoms with Crippen LogP contribution in [-0.4, -0.2) is 17.6 Å². The molecule has 0 saturated carbocycles. The summed E-state index contributed by atoms with van der Waals surface area (Å²) in [6, 6.07) is 13.1. The highest BCUT2D eigenvalue weighted by atomic mass is 35.5. The van der Waals surface area contributed by atoms with Crippen LogP contribution in [0.3, 0.4) is 0 Å². The lowest BCUT2D eigenvalue weighted by atomic mass is 10.1. The van der Waals surface area contributed by atoms with E-state index in [-0.39, 0.29) is 11.9 Å². The van der Waals surface area contributed by atoms with Gasteiger partial charge in [-0.05, 0) is 41.8 Å². The number of nitrogens with one attached hydrogen (secondary N) is 1. The number of amides is 1. The SMILES string of the molecule is COc1ccc(NC(=O)C[C@@H](c2cccs2)n2cccc2)cc1Cl. The largest absolute Gasteiger partial charge is 0.495 e. The smallest absolute Gasteiger partial charge is 0.226 e. The Labute approximate surface area is 149 Å². The molecule has 1 N–H and O–H groups in total. The molecular formula is C18H17ClN2O2S. The number of halogens is 1. The van der Waals surface area contributed by atoms with Crippen LogP contribution < -0.4 is 10.1 Å². The van der Waals surface area contributed by atoms with Crippen molar-refractivity contribution >= 4 is 34.5 Å². The van der Waals surface area contributed by atoms with E-state index in [2.05, 4.69) is 5.32 Å². The number of aromatic nitrogens is 1. The molecule has 2 heterocycles. The van der Waals surface area contributed by atoms with Crippen LogP contribution in [-0.2, 0) is 4.79 Å². The molecule has 3 aromatic rings. The monoisotopic (exact) mass is 360 g/mol. The van der Waals surface area contributed by atoms with Crippen molar-refractivity contribution in [3.05, 3.63) is 70.1 Å². The molecular weight excluding hydrogens is 344 g/mol. The molecule has 24 heavy (non-hydrogen) atoms. The Balaban J connectivity index is 1.73. The van der Waals surface area contributed by atoms with Gasteiger partial charge >= 0.3 is 0 Å². The molecule has 0 aliphatic carbocycles. The van der Waals surface area contributed by atoms with Crippen LogP contribution in [0.15, 0.2) is 60.2 Å². The molecule has 0 spiro atoms. The molecule has 0 saturated heterocycles. The summed E-state index contributed by atoms with van der Waals surface area (Å²) >= 11 is 7.75. The van der Waals surface area contributed by atoms with E-state index in [9.17, 15) is 4.79 Å². The molecule has 0 aliphatic heterocycles. The maximum Gasteiger partial charge on any atom is 0.226 e. The normalized spacial score (nSPS) is 11.9. The van der Waals surface area contributed by atoms with Crippen molar-refractivity contribution in [3.63, 3.8) is 0 Å². The second-order valence-electron chi connectivity index (χ2n) is 5.26. The highest BCUT2D eigenvalue weighted by Gasteiger charge is 2.18. The highest BCUT2D eigenvalue weighted by molar-refractivity contribution is 7.10. The quantitative estimate of drug-likeness (QED) is 0.684. The summed E-state index contributed by atoms with van der Waals surface area (Å²) in [6.45, 7) is 0. The van der Waals surface area contributed by atoms with E-state index in [1.54, 1.807) is 36.6 Å². The average Bonchev–Trinajstić information content (AvgIpc) is 3.26. The summed E-state index contributed by atoms with van der Waals surface area (Å²) < 4.78 is 7.17. The van der Waals surface area contributed by atoms with Crippen LogP contribution in [0.1, 0.15) is 17.3 Å². The number of nitrogens with zero attached hydrogens (tertiary/aromatic N) is 1. The van der Waals surface area contributed by atoms with Crippen LogP contribution in [0.25, 0.3) is 0 Å². The lowest BCUT2D eigenvalue weighted by Crippen LogP contribution is -2.19. The fourth-order valence-corrected chi connectivity index (χ4v) is 3.61. The number of anilines is 1. The van der Waals surface area contributed by atoms with Gasteiger partial charge in [0.05, 0.1) is 24.6 Å². The molecule has 1 aromatic carbocycles. The predicted octanol–water partition coefficient (Wildman–Crippen LogP) is 4.83. The molecule has 3 rings (SSSR count). The Morgan fingerprint density at radius 3 is 2.71 bits per heavy atom. The molecule has 0 fully saturated rings. The lowest BCUT2D eigenvalue weighted by molar-refractivity contribution is -0.116. The van der Waals surface area contributed by atoms with Gasteiger partial charge in [-0.25, -0.2) is 0 Å².